The van der Waals surface area contributed by atoms with Crippen LogP contribution in [0.5, 0.6) is 0 Å². The minimum atomic E-state index is -0.0189. The van der Waals surface area contributed by atoms with Crippen molar-refractivity contribution in [2.75, 3.05) is 32.8 Å². The van der Waals surface area contributed by atoms with Gasteiger partial charge in [0.25, 0.3) is 0 Å². The maximum Gasteiger partial charge on any atom is 0.237 e. The van der Waals surface area contributed by atoms with E-state index in [0.29, 0.717) is 12.6 Å². The van der Waals surface area contributed by atoms with Crippen LogP contribution in [0.4, 0.5) is 0 Å². The molecule has 0 aromatic rings. The fourth-order valence-corrected chi connectivity index (χ4v) is 2.87. The summed E-state index contributed by atoms with van der Waals surface area (Å²) in [5.41, 5.74) is 0. The molecule has 0 aliphatic carbocycles. The summed E-state index contributed by atoms with van der Waals surface area (Å²) in [6.07, 6.45) is 3.39. The number of carbonyl (C=O) groups is 1. The quantitative estimate of drug-likeness (QED) is 0.773. The zero-order valence-electron chi connectivity index (χ0n) is 12.2. The Balaban J connectivity index is 1.70. The maximum atomic E-state index is 12.1. The Morgan fingerprint density at radius 2 is 2.32 bits per heavy atom. The molecule has 0 spiro atoms. The van der Waals surface area contributed by atoms with Gasteiger partial charge in [0, 0.05) is 25.7 Å². The van der Waals surface area contributed by atoms with Crippen LogP contribution < -0.4 is 10.6 Å². The van der Waals surface area contributed by atoms with E-state index in [2.05, 4.69) is 29.4 Å². The van der Waals surface area contributed by atoms with Crippen molar-refractivity contribution in [1.82, 2.24) is 15.5 Å². The number of nitrogens with zero attached hydrogens (tertiary/aromatic N) is 1. The lowest BCUT2D eigenvalue weighted by atomic mass is 9.99. The van der Waals surface area contributed by atoms with Crippen LogP contribution in [0.3, 0.4) is 0 Å². The van der Waals surface area contributed by atoms with Crippen LogP contribution in [-0.4, -0.2) is 61.8 Å². The zero-order valence-corrected chi connectivity index (χ0v) is 12.2. The van der Waals surface area contributed by atoms with Gasteiger partial charge >= 0.3 is 0 Å². The Bertz CT molecular complexity index is 298. The number of rotatable bonds is 4. The number of ether oxygens (including phenoxy) is 1. The zero-order chi connectivity index (χ0) is 13.7. The van der Waals surface area contributed by atoms with Crippen LogP contribution in [0.1, 0.15) is 33.1 Å². The van der Waals surface area contributed by atoms with Crippen molar-refractivity contribution >= 4 is 5.91 Å². The lowest BCUT2D eigenvalue weighted by Crippen LogP contribution is -2.53. The van der Waals surface area contributed by atoms with Crippen LogP contribution >= 0.6 is 0 Å². The fourth-order valence-electron chi connectivity index (χ4n) is 2.87. The smallest absolute Gasteiger partial charge is 0.237 e. The largest absolute Gasteiger partial charge is 0.374 e. The lowest BCUT2D eigenvalue weighted by molar-refractivity contribution is -0.125. The molecule has 2 N–H and O–H groups in total. The molecule has 5 heteroatoms. The molecule has 0 radical (unpaired) electrons. The average molecular weight is 269 g/mol. The van der Waals surface area contributed by atoms with Crippen LogP contribution in [-0.2, 0) is 9.53 Å². The van der Waals surface area contributed by atoms with Crippen LogP contribution in [0.15, 0.2) is 0 Å². The molecule has 0 saturated carbocycles. The van der Waals surface area contributed by atoms with Gasteiger partial charge in [-0.15, -0.1) is 0 Å². The first-order chi connectivity index (χ1) is 9.19. The van der Waals surface area contributed by atoms with E-state index in [-0.39, 0.29) is 18.1 Å². The van der Waals surface area contributed by atoms with E-state index in [9.17, 15) is 4.79 Å². The van der Waals surface area contributed by atoms with Crippen molar-refractivity contribution in [3.63, 3.8) is 0 Å². The third-order valence-electron chi connectivity index (χ3n) is 4.11. The van der Waals surface area contributed by atoms with Gasteiger partial charge in [0.2, 0.25) is 5.91 Å². The van der Waals surface area contributed by atoms with Crippen molar-refractivity contribution < 1.29 is 9.53 Å². The van der Waals surface area contributed by atoms with E-state index >= 15 is 0 Å². The predicted octanol–water partition coefficient (Wildman–Crippen LogP) is 0.354. The summed E-state index contributed by atoms with van der Waals surface area (Å²) < 4.78 is 5.69. The molecule has 0 bridgehead atoms. The van der Waals surface area contributed by atoms with Crippen molar-refractivity contribution in [2.45, 2.75) is 51.3 Å². The van der Waals surface area contributed by atoms with Gasteiger partial charge in [-0.05, 0) is 32.7 Å². The van der Waals surface area contributed by atoms with E-state index in [0.717, 1.165) is 39.1 Å². The SMILES string of the molecule is CCN1CCOC(CNC(=O)C2CCCC(C)N2)C1. The first-order valence-electron chi connectivity index (χ1n) is 7.56. The van der Waals surface area contributed by atoms with E-state index in [1.54, 1.807) is 0 Å². The number of carbonyl (C=O) groups excluding carboxylic acids is 1. The first-order valence-corrected chi connectivity index (χ1v) is 7.56. The highest BCUT2D eigenvalue weighted by atomic mass is 16.5. The number of morpholine rings is 1. The molecule has 19 heavy (non-hydrogen) atoms. The van der Waals surface area contributed by atoms with Crippen molar-refractivity contribution in [1.29, 1.82) is 0 Å². The third kappa shape index (κ3) is 4.44. The van der Waals surface area contributed by atoms with Gasteiger partial charge in [-0.25, -0.2) is 0 Å². The van der Waals surface area contributed by atoms with Gasteiger partial charge in [-0.1, -0.05) is 6.92 Å². The molecule has 1 amide bonds. The van der Waals surface area contributed by atoms with E-state index < -0.39 is 0 Å². The van der Waals surface area contributed by atoms with Gasteiger partial charge in [0.1, 0.15) is 0 Å². The molecule has 110 valence electrons. The fraction of sp³-hybridized carbons (Fsp3) is 0.929. The average Bonchev–Trinajstić information content (AvgIpc) is 2.45. The maximum absolute atomic E-state index is 12.1. The normalized spacial score (nSPS) is 33.1. The number of amides is 1. The van der Waals surface area contributed by atoms with Gasteiger partial charge in [-0.2, -0.15) is 0 Å². The highest BCUT2D eigenvalue weighted by Gasteiger charge is 2.25. The highest BCUT2D eigenvalue weighted by molar-refractivity contribution is 5.81. The number of likely N-dealkylation sites (N-methyl/N-ethyl adjacent to an activating group) is 1. The minimum absolute atomic E-state index is 0.0189. The van der Waals surface area contributed by atoms with Crippen LogP contribution in [0, 0.1) is 0 Å². The number of piperidine rings is 1. The molecular weight excluding hydrogens is 242 g/mol. The Kier molecular flexibility index (Phi) is 5.60. The van der Waals surface area contributed by atoms with Gasteiger partial charge in [0.15, 0.2) is 0 Å². The lowest BCUT2D eigenvalue weighted by Gasteiger charge is -2.33. The Hall–Kier alpha value is -0.650. The van der Waals surface area contributed by atoms with Crippen molar-refractivity contribution in [3.8, 4) is 0 Å². The molecule has 2 rings (SSSR count). The highest BCUT2D eigenvalue weighted by Crippen LogP contribution is 2.12. The second-order valence-corrected chi connectivity index (χ2v) is 5.68. The van der Waals surface area contributed by atoms with Crippen LogP contribution in [0.2, 0.25) is 0 Å². The Morgan fingerprint density at radius 1 is 1.47 bits per heavy atom. The van der Waals surface area contributed by atoms with Crippen molar-refractivity contribution in [2.24, 2.45) is 0 Å². The predicted molar refractivity (Wildman–Crippen MR) is 75.1 cm³/mol. The minimum Gasteiger partial charge on any atom is -0.374 e. The first kappa shape index (κ1) is 14.8. The molecule has 2 fully saturated rings. The summed E-state index contributed by atoms with van der Waals surface area (Å²) in [7, 11) is 0. The topological polar surface area (TPSA) is 53.6 Å². The molecule has 0 aromatic heterocycles. The number of nitrogens with one attached hydrogen (secondary N) is 2. The third-order valence-corrected chi connectivity index (χ3v) is 4.11. The second kappa shape index (κ2) is 7.22. The standard InChI is InChI=1S/C14H27N3O2/c1-3-17-7-8-19-12(10-17)9-15-14(18)13-6-4-5-11(2)16-13/h11-13,16H,3-10H2,1-2H3,(H,15,18). The summed E-state index contributed by atoms with van der Waals surface area (Å²) in [4.78, 5) is 14.5. The monoisotopic (exact) mass is 269 g/mol. The van der Waals surface area contributed by atoms with Gasteiger partial charge < -0.3 is 15.4 Å². The molecule has 2 aliphatic heterocycles. The summed E-state index contributed by atoms with van der Waals surface area (Å²) in [6.45, 7) is 8.68. The molecule has 2 aliphatic rings. The molecule has 3 atom stereocenters. The van der Waals surface area contributed by atoms with Gasteiger partial charge in [-0.3, -0.25) is 9.69 Å². The molecule has 3 unspecified atom stereocenters. The summed E-state index contributed by atoms with van der Waals surface area (Å²) in [6, 6.07) is 0.431. The van der Waals surface area contributed by atoms with Crippen molar-refractivity contribution in [3.05, 3.63) is 0 Å². The molecule has 0 aromatic carbocycles. The second-order valence-electron chi connectivity index (χ2n) is 5.68. The van der Waals surface area contributed by atoms with E-state index in [1.165, 1.54) is 6.42 Å². The number of hydrogen-bond acceptors (Lipinski definition) is 4. The molecular formula is C14H27N3O2. The van der Waals surface area contributed by atoms with E-state index in [4.69, 9.17) is 4.74 Å². The van der Waals surface area contributed by atoms with E-state index in [1.807, 2.05) is 0 Å². The Morgan fingerprint density at radius 3 is 3.05 bits per heavy atom. The molecule has 2 saturated heterocycles. The Labute approximate surface area is 116 Å². The number of hydrogen-bond donors (Lipinski definition) is 2. The van der Waals surface area contributed by atoms with Gasteiger partial charge in [0.05, 0.1) is 18.8 Å². The summed E-state index contributed by atoms with van der Waals surface area (Å²) in [5.74, 6) is 0.128. The molecule has 5 nitrogen and oxygen atoms in total. The molecule has 2 heterocycles. The summed E-state index contributed by atoms with van der Waals surface area (Å²) in [5, 5.41) is 6.39. The summed E-state index contributed by atoms with van der Waals surface area (Å²) >= 11 is 0. The van der Waals surface area contributed by atoms with Crippen LogP contribution in [0.25, 0.3) is 0 Å².